The van der Waals surface area contributed by atoms with Crippen molar-refractivity contribution in [1.82, 2.24) is 0 Å². The average Bonchev–Trinajstić information content (AvgIpc) is 3.24. The number of esters is 2. The highest BCUT2D eigenvalue weighted by Crippen LogP contribution is 2.38. The zero-order chi connectivity index (χ0) is 46.4. The predicted molar refractivity (Wildman–Crippen MR) is 264 cm³/mol. The molecule has 376 valence electrons. The minimum atomic E-state index is -4.62. The van der Waals surface area contributed by atoms with Crippen LogP contribution in [0.25, 0.3) is 0 Å². The van der Waals surface area contributed by atoms with E-state index in [1.165, 1.54) is 212 Å². The van der Waals surface area contributed by atoms with Gasteiger partial charge in [0.2, 0.25) is 0 Å². The highest BCUT2D eigenvalue weighted by Gasteiger charge is 2.22. The Morgan fingerprint density at radius 2 is 0.714 bits per heavy atom. The predicted octanol–water partition coefficient (Wildman–Crippen LogP) is 15.7. The molecule has 0 fully saturated rings. The van der Waals surface area contributed by atoms with E-state index in [9.17, 15) is 19.0 Å². The molecule has 0 aromatic heterocycles. The molecular formula is C53H106NO8P. The number of nitrogens with zero attached hydrogens (tertiary/aromatic N) is 1. The van der Waals surface area contributed by atoms with Crippen molar-refractivity contribution < 1.29 is 42.1 Å². The van der Waals surface area contributed by atoms with Crippen molar-refractivity contribution in [1.29, 1.82) is 0 Å². The van der Waals surface area contributed by atoms with Crippen molar-refractivity contribution in [3.05, 3.63) is 0 Å². The first-order chi connectivity index (χ1) is 30.5. The van der Waals surface area contributed by atoms with Crippen molar-refractivity contribution in [2.75, 3.05) is 47.5 Å². The van der Waals surface area contributed by atoms with E-state index in [0.717, 1.165) is 32.1 Å². The molecule has 1 unspecified atom stereocenters. The molecule has 63 heavy (non-hydrogen) atoms. The van der Waals surface area contributed by atoms with Crippen molar-refractivity contribution in [3.63, 3.8) is 0 Å². The summed E-state index contributed by atoms with van der Waals surface area (Å²) in [6, 6.07) is 0. The summed E-state index contributed by atoms with van der Waals surface area (Å²) < 4.78 is 34.1. The quantitative estimate of drug-likeness (QED) is 0.0257. The van der Waals surface area contributed by atoms with Crippen LogP contribution in [0.4, 0.5) is 0 Å². The summed E-state index contributed by atoms with van der Waals surface area (Å²) in [5, 5.41) is 0. The van der Waals surface area contributed by atoms with Crippen LogP contribution in [-0.4, -0.2) is 70.0 Å². The maximum Gasteiger partial charge on any atom is 0.306 e. The minimum absolute atomic E-state index is 0.0252. The van der Waals surface area contributed by atoms with E-state index < -0.39 is 26.5 Å². The lowest BCUT2D eigenvalue weighted by molar-refractivity contribution is -0.870. The lowest BCUT2D eigenvalue weighted by atomic mass is 10.0. The molecule has 2 atom stereocenters. The van der Waals surface area contributed by atoms with Gasteiger partial charge in [0.25, 0.3) is 7.82 Å². The summed E-state index contributed by atoms with van der Waals surface area (Å²) >= 11 is 0. The van der Waals surface area contributed by atoms with E-state index in [2.05, 4.69) is 13.8 Å². The second kappa shape index (κ2) is 46.1. The number of likely N-dealkylation sites (N-methyl/N-ethyl adjacent to an activating group) is 1. The molecule has 9 nitrogen and oxygen atoms in total. The van der Waals surface area contributed by atoms with E-state index in [1.807, 2.05) is 21.1 Å². The highest BCUT2D eigenvalue weighted by molar-refractivity contribution is 7.45. The molecule has 0 aliphatic rings. The zero-order valence-electron chi connectivity index (χ0n) is 42.6. The molecule has 0 rings (SSSR count). The summed E-state index contributed by atoms with van der Waals surface area (Å²) in [6.07, 6.45) is 49.9. The van der Waals surface area contributed by atoms with E-state index in [-0.39, 0.29) is 32.0 Å². The van der Waals surface area contributed by atoms with Gasteiger partial charge in [0.1, 0.15) is 19.8 Å². The molecule has 0 aromatic carbocycles. The van der Waals surface area contributed by atoms with Gasteiger partial charge in [-0.15, -0.1) is 0 Å². The van der Waals surface area contributed by atoms with Crippen molar-refractivity contribution in [2.45, 2.75) is 283 Å². The lowest BCUT2D eigenvalue weighted by Gasteiger charge is -2.28. The van der Waals surface area contributed by atoms with Gasteiger partial charge < -0.3 is 27.9 Å². The second-order valence-electron chi connectivity index (χ2n) is 20.0. The molecule has 0 N–H and O–H groups in total. The van der Waals surface area contributed by atoms with Gasteiger partial charge in [-0.1, -0.05) is 251 Å². The number of quaternary nitrogens is 1. The van der Waals surface area contributed by atoms with E-state index in [0.29, 0.717) is 17.4 Å². The maximum atomic E-state index is 12.8. The number of phosphoric acid groups is 1. The van der Waals surface area contributed by atoms with E-state index >= 15 is 0 Å². The van der Waals surface area contributed by atoms with Gasteiger partial charge in [0.15, 0.2) is 6.10 Å². The SMILES string of the molecule is CCCCCCCCCCCCCCCCCCCCCCCCCC(=O)O[C@H](COC(=O)CCCCCCCCCCCCCCCCCC)COP(=O)([O-])OCC[N+](C)(C)C. The minimum Gasteiger partial charge on any atom is -0.756 e. The molecule has 0 saturated heterocycles. The van der Waals surface area contributed by atoms with Gasteiger partial charge in [-0.25, -0.2) is 0 Å². The van der Waals surface area contributed by atoms with Gasteiger partial charge >= 0.3 is 11.9 Å². The number of rotatable bonds is 51. The number of unbranched alkanes of at least 4 members (excludes halogenated alkanes) is 37. The normalized spacial score (nSPS) is 13.3. The van der Waals surface area contributed by atoms with Gasteiger partial charge in [0.05, 0.1) is 27.7 Å². The van der Waals surface area contributed by atoms with Crippen LogP contribution in [-0.2, 0) is 32.7 Å². The Labute approximate surface area is 391 Å². The largest absolute Gasteiger partial charge is 0.756 e. The van der Waals surface area contributed by atoms with E-state index in [1.54, 1.807) is 0 Å². The zero-order valence-corrected chi connectivity index (χ0v) is 43.5. The summed E-state index contributed by atoms with van der Waals surface area (Å²) in [6.45, 7) is 4.30. The van der Waals surface area contributed by atoms with Crippen LogP contribution in [0.15, 0.2) is 0 Å². The molecule has 0 aromatic rings. The smallest absolute Gasteiger partial charge is 0.306 e. The number of carbonyl (C=O) groups excluding carboxylic acids is 2. The van der Waals surface area contributed by atoms with Gasteiger partial charge in [-0.05, 0) is 12.8 Å². The molecular weight excluding hydrogens is 810 g/mol. The fraction of sp³-hybridized carbons (Fsp3) is 0.962. The summed E-state index contributed by atoms with van der Waals surface area (Å²) in [5.41, 5.74) is 0. The topological polar surface area (TPSA) is 111 Å². The maximum absolute atomic E-state index is 12.8. The highest BCUT2D eigenvalue weighted by atomic mass is 31.2. The van der Waals surface area contributed by atoms with Crippen LogP contribution >= 0.6 is 7.82 Å². The van der Waals surface area contributed by atoms with Gasteiger partial charge in [0, 0.05) is 12.8 Å². The molecule has 0 bridgehead atoms. The monoisotopic (exact) mass is 916 g/mol. The van der Waals surface area contributed by atoms with Crippen LogP contribution in [0.5, 0.6) is 0 Å². The van der Waals surface area contributed by atoms with Crippen molar-refractivity contribution >= 4 is 19.8 Å². The third-order valence-electron chi connectivity index (χ3n) is 12.4. The molecule has 0 amide bonds. The molecule has 0 aliphatic carbocycles. The third-order valence-corrected chi connectivity index (χ3v) is 13.3. The van der Waals surface area contributed by atoms with E-state index in [4.69, 9.17) is 18.5 Å². The Hall–Kier alpha value is -0.990. The Morgan fingerprint density at radius 1 is 0.429 bits per heavy atom. The standard InChI is InChI=1S/C53H106NO8P/c1-6-8-10-12-14-16-18-20-22-24-25-26-27-28-29-30-32-34-36-38-40-42-44-46-53(56)62-51(50-61-63(57,58)60-48-47-54(3,4)5)49-59-52(55)45-43-41-39-37-35-33-31-23-21-19-17-15-13-11-9-7-2/h51H,6-50H2,1-5H3/t51-/m1/s1. The Bertz CT molecular complexity index is 1040. The number of phosphoric ester groups is 1. The average molecular weight is 916 g/mol. The second-order valence-corrected chi connectivity index (χ2v) is 21.4. The molecule has 10 heteroatoms. The van der Waals surface area contributed by atoms with Gasteiger partial charge in [-0.3, -0.25) is 14.2 Å². The third kappa shape index (κ3) is 50.3. The first-order valence-corrected chi connectivity index (χ1v) is 28.7. The Balaban J connectivity index is 4.14. The summed E-state index contributed by atoms with van der Waals surface area (Å²) in [7, 11) is 1.19. The van der Waals surface area contributed by atoms with Crippen LogP contribution in [0.3, 0.4) is 0 Å². The first-order valence-electron chi connectivity index (χ1n) is 27.2. The molecule has 0 heterocycles. The van der Waals surface area contributed by atoms with Crippen LogP contribution < -0.4 is 4.89 Å². The van der Waals surface area contributed by atoms with Crippen molar-refractivity contribution in [3.8, 4) is 0 Å². The Kier molecular flexibility index (Phi) is 45.4. The van der Waals surface area contributed by atoms with Crippen molar-refractivity contribution in [2.24, 2.45) is 0 Å². The van der Waals surface area contributed by atoms with Crippen LogP contribution in [0.2, 0.25) is 0 Å². The van der Waals surface area contributed by atoms with Gasteiger partial charge in [-0.2, -0.15) is 0 Å². The summed E-state index contributed by atoms with van der Waals surface area (Å²) in [4.78, 5) is 37.7. The number of ether oxygens (including phenoxy) is 2. The number of carbonyl (C=O) groups is 2. The molecule has 0 radical (unpaired) electrons. The Morgan fingerprint density at radius 3 is 1.02 bits per heavy atom. The van der Waals surface area contributed by atoms with Crippen LogP contribution in [0.1, 0.15) is 277 Å². The molecule has 0 spiro atoms. The van der Waals surface area contributed by atoms with Crippen LogP contribution in [0, 0.1) is 0 Å². The lowest BCUT2D eigenvalue weighted by Crippen LogP contribution is -2.37. The first kappa shape index (κ1) is 62.0. The number of hydrogen-bond donors (Lipinski definition) is 0. The fourth-order valence-corrected chi connectivity index (χ4v) is 8.86. The fourth-order valence-electron chi connectivity index (χ4n) is 8.13. The molecule has 0 saturated carbocycles. The molecule has 0 aliphatic heterocycles. The number of hydrogen-bond acceptors (Lipinski definition) is 8. The summed E-state index contributed by atoms with van der Waals surface area (Å²) in [5.74, 6) is -0.812.